The molecule has 1 aromatic carbocycles. The second kappa shape index (κ2) is 6.52. The van der Waals surface area contributed by atoms with Gasteiger partial charge in [-0.2, -0.15) is 0 Å². The van der Waals surface area contributed by atoms with E-state index >= 15 is 0 Å². The van der Waals surface area contributed by atoms with E-state index in [4.69, 9.17) is 0 Å². The molecule has 0 aliphatic heterocycles. The first kappa shape index (κ1) is 15.2. The molecule has 0 saturated heterocycles. The van der Waals surface area contributed by atoms with Crippen molar-refractivity contribution in [1.29, 1.82) is 0 Å². The van der Waals surface area contributed by atoms with Gasteiger partial charge in [0.05, 0.1) is 10.3 Å². The van der Waals surface area contributed by atoms with Gasteiger partial charge >= 0.3 is 0 Å². The van der Waals surface area contributed by atoms with Gasteiger partial charge in [0.15, 0.2) is 0 Å². The van der Waals surface area contributed by atoms with Crippen LogP contribution in [0.15, 0.2) is 24.4 Å². The zero-order chi connectivity index (χ0) is 15.4. The number of anilines is 1. The molecule has 0 unspecified atom stereocenters. The monoisotopic (exact) mass is 287 g/mol. The molecular formula is C16H21N3O2. The van der Waals surface area contributed by atoms with Gasteiger partial charge in [-0.3, -0.25) is 15.1 Å². The van der Waals surface area contributed by atoms with E-state index in [0.29, 0.717) is 11.3 Å². The predicted octanol–water partition coefficient (Wildman–Crippen LogP) is 4.30. The highest BCUT2D eigenvalue weighted by Crippen LogP contribution is 2.31. The molecule has 0 aliphatic rings. The number of nitro groups is 1. The lowest BCUT2D eigenvalue weighted by molar-refractivity contribution is -0.383. The topological polar surface area (TPSA) is 68.1 Å². The summed E-state index contributed by atoms with van der Waals surface area (Å²) in [6, 6.07) is 5.24. The van der Waals surface area contributed by atoms with Crippen LogP contribution in [0.1, 0.15) is 32.4 Å². The SMILES string of the molecule is CCC(CC)CNc1ccc([N+](=O)[O-])c2cnc(C)cc12. The minimum Gasteiger partial charge on any atom is -0.384 e. The fraction of sp³-hybridized carbons (Fsp3) is 0.438. The Labute approximate surface area is 124 Å². The molecule has 0 saturated carbocycles. The third-order valence-electron chi connectivity index (χ3n) is 3.95. The van der Waals surface area contributed by atoms with Gasteiger partial charge in [0.25, 0.3) is 5.69 Å². The number of aryl methyl sites for hydroxylation is 1. The number of benzene rings is 1. The Bertz CT molecular complexity index is 651. The van der Waals surface area contributed by atoms with Crippen LogP contribution in [-0.4, -0.2) is 16.5 Å². The molecule has 5 nitrogen and oxygen atoms in total. The Morgan fingerprint density at radius 2 is 2.00 bits per heavy atom. The Morgan fingerprint density at radius 3 is 2.62 bits per heavy atom. The van der Waals surface area contributed by atoms with Crippen LogP contribution in [0.5, 0.6) is 0 Å². The van der Waals surface area contributed by atoms with Gasteiger partial charge in [0.1, 0.15) is 0 Å². The lowest BCUT2D eigenvalue weighted by Gasteiger charge is -2.16. The third-order valence-corrected chi connectivity index (χ3v) is 3.95. The number of hydrogen-bond donors (Lipinski definition) is 1. The molecular weight excluding hydrogens is 266 g/mol. The van der Waals surface area contributed by atoms with Crippen molar-refractivity contribution in [2.75, 3.05) is 11.9 Å². The van der Waals surface area contributed by atoms with Gasteiger partial charge in [0.2, 0.25) is 0 Å². The molecule has 2 rings (SSSR count). The smallest absolute Gasteiger partial charge is 0.278 e. The summed E-state index contributed by atoms with van der Waals surface area (Å²) in [6.45, 7) is 7.12. The number of aromatic nitrogens is 1. The van der Waals surface area contributed by atoms with E-state index in [-0.39, 0.29) is 10.6 Å². The first-order chi connectivity index (χ1) is 10.1. The molecule has 0 spiro atoms. The summed E-state index contributed by atoms with van der Waals surface area (Å²) in [5.41, 5.74) is 1.90. The maximum Gasteiger partial charge on any atom is 0.278 e. The summed E-state index contributed by atoms with van der Waals surface area (Å²) in [5, 5.41) is 16.0. The van der Waals surface area contributed by atoms with Crippen LogP contribution in [0.2, 0.25) is 0 Å². The third kappa shape index (κ3) is 3.29. The van der Waals surface area contributed by atoms with Crippen molar-refractivity contribution in [2.45, 2.75) is 33.6 Å². The average molecular weight is 287 g/mol. The van der Waals surface area contributed by atoms with E-state index in [1.54, 1.807) is 18.3 Å². The number of nitrogens with zero attached hydrogens (tertiary/aromatic N) is 2. The molecule has 0 radical (unpaired) electrons. The van der Waals surface area contributed by atoms with E-state index in [2.05, 4.69) is 24.1 Å². The number of non-ortho nitro benzene ring substituents is 1. The largest absolute Gasteiger partial charge is 0.384 e. The van der Waals surface area contributed by atoms with Crippen LogP contribution in [-0.2, 0) is 0 Å². The average Bonchev–Trinajstić information content (AvgIpc) is 2.47. The van der Waals surface area contributed by atoms with Gasteiger partial charge in [-0.15, -0.1) is 0 Å². The van der Waals surface area contributed by atoms with E-state index in [9.17, 15) is 10.1 Å². The molecule has 0 fully saturated rings. The van der Waals surface area contributed by atoms with Crippen LogP contribution in [0.3, 0.4) is 0 Å². The van der Waals surface area contributed by atoms with Gasteiger partial charge in [-0.05, 0) is 25.0 Å². The van der Waals surface area contributed by atoms with Crippen molar-refractivity contribution in [3.05, 3.63) is 40.2 Å². The highest BCUT2D eigenvalue weighted by atomic mass is 16.6. The van der Waals surface area contributed by atoms with Crippen LogP contribution >= 0.6 is 0 Å². The van der Waals surface area contributed by atoms with Gasteiger partial charge in [-0.1, -0.05) is 26.7 Å². The Hall–Kier alpha value is -2.17. The molecule has 1 heterocycles. The number of hydrogen-bond acceptors (Lipinski definition) is 4. The first-order valence-corrected chi connectivity index (χ1v) is 7.34. The quantitative estimate of drug-likeness (QED) is 0.635. The molecule has 0 bridgehead atoms. The van der Waals surface area contributed by atoms with Crippen LogP contribution in [0.4, 0.5) is 11.4 Å². The molecule has 0 atom stereocenters. The van der Waals surface area contributed by atoms with Crippen molar-refractivity contribution >= 4 is 22.1 Å². The first-order valence-electron chi connectivity index (χ1n) is 7.34. The summed E-state index contributed by atoms with van der Waals surface area (Å²) in [6.07, 6.45) is 3.83. The molecule has 21 heavy (non-hydrogen) atoms. The molecule has 5 heteroatoms. The lowest BCUT2D eigenvalue weighted by atomic mass is 10.0. The van der Waals surface area contributed by atoms with Crippen molar-refractivity contribution in [3.63, 3.8) is 0 Å². The zero-order valence-electron chi connectivity index (χ0n) is 12.7. The maximum absolute atomic E-state index is 11.1. The number of pyridine rings is 1. The van der Waals surface area contributed by atoms with Gasteiger partial charge in [0, 0.05) is 35.6 Å². The standard InChI is InChI=1S/C16H21N3O2/c1-4-12(5-2)9-18-15-6-7-16(19(20)21)14-10-17-11(3)8-13(14)15/h6-8,10,12,18H,4-5,9H2,1-3H3. The number of fused-ring (bicyclic) bond motifs is 1. The normalized spacial score (nSPS) is 11.0. The summed E-state index contributed by atoms with van der Waals surface area (Å²) in [7, 11) is 0. The fourth-order valence-electron chi connectivity index (χ4n) is 2.47. The number of nitrogens with one attached hydrogen (secondary N) is 1. The van der Waals surface area contributed by atoms with E-state index in [1.165, 1.54) is 0 Å². The van der Waals surface area contributed by atoms with Gasteiger partial charge < -0.3 is 5.32 Å². The second-order valence-corrected chi connectivity index (χ2v) is 5.32. The number of nitro benzene ring substituents is 1. The van der Waals surface area contributed by atoms with Crippen molar-refractivity contribution in [1.82, 2.24) is 4.98 Å². The van der Waals surface area contributed by atoms with E-state index in [0.717, 1.165) is 36.2 Å². The Morgan fingerprint density at radius 1 is 1.29 bits per heavy atom. The molecule has 0 amide bonds. The molecule has 2 aromatic rings. The maximum atomic E-state index is 11.1. The molecule has 0 aliphatic carbocycles. The zero-order valence-corrected chi connectivity index (χ0v) is 12.7. The minimum atomic E-state index is -0.357. The molecule has 1 aromatic heterocycles. The Balaban J connectivity index is 2.42. The summed E-state index contributed by atoms with van der Waals surface area (Å²) in [4.78, 5) is 15.0. The van der Waals surface area contributed by atoms with Gasteiger partial charge in [-0.25, -0.2) is 0 Å². The van der Waals surface area contributed by atoms with E-state index < -0.39 is 0 Å². The van der Waals surface area contributed by atoms with E-state index in [1.807, 2.05) is 13.0 Å². The summed E-state index contributed by atoms with van der Waals surface area (Å²) >= 11 is 0. The van der Waals surface area contributed by atoms with Crippen molar-refractivity contribution < 1.29 is 4.92 Å². The highest BCUT2D eigenvalue weighted by molar-refractivity contribution is 5.99. The predicted molar refractivity (Wildman–Crippen MR) is 85.7 cm³/mol. The highest BCUT2D eigenvalue weighted by Gasteiger charge is 2.15. The van der Waals surface area contributed by atoms with Crippen molar-refractivity contribution in [3.8, 4) is 0 Å². The minimum absolute atomic E-state index is 0.102. The summed E-state index contributed by atoms with van der Waals surface area (Å²) in [5.74, 6) is 0.609. The summed E-state index contributed by atoms with van der Waals surface area (Å²) < 4.78 is 0. The van der Waals surface area contributed by atoms with Crippen LogP contribution in [0, 0.1) is 23.0 Å². The molecule has 112 valence electrons. The fourth-order valence-corrected chi connectivity index (χ4v) is 2.47. The van der Waals surface area contributed by atoms with Crippen LogP contribution in [0.25, 0.3) is 10.8 Å². The number of rotatable bonds is 6. The van der Waals surface area contributed by atoms with Crippen LogP contribution < -0.4 is 5.32 Å². The molecule has 1 N–H and O–H groups in total. The Kier molecular flexibility index (Phi) is 4.73. The lowest BCUT2D eigenvalue weighted by Crippen LogP contribution is -2.13. The second-order valence-electron chi connectivity index (χ2n) is 5.32. The van der Waals surface area contributed by atoms with Crippen molar-refractivity contribution in [2.24, 2.45) is 5.92 Å².